The van der Waals surface area contributed by atoms with Crippen LogP contribution in [0.2, 0.25) is 0 Å². The average molecular weight is 621 g/mol. The minimum absolute atomic E-state index is 0.00757. The first-order valence-electron chi connectivity index (χ1n) is 17.7. The van der Waals surface area contributed by atoms with Crippen LogP contribution in [0.25, 0.3) is 0 Å². The molecule has 7 rings (SSSR count). The molecule has 6 heteroatoms. The topological polar surface area (TPSA) is 85.2 Å². The largest absolute Gasteiger partial charge is 0.461 e. The molecule has 0 radical (unpaired) electrons. The molecule has 2 N–H and O–H groups in total. The number of allylic oxidation sites excluding steroid dienone is 1. The number of fused-ring (bicyclic) bond motifs is 7. The molecule has 5 aliphatic carbocycles. The van der Waals surface area contributed by atoms with Crippen LogP contribution in [0, 0.1) is 56.7 Å². The van der Waals surface area contributed by atoms with Crippen molar-refractivity contribution >= 4 is 5.97 Å². The van der Waals surface area contributed by atoms with Crippen LogP contribution in [0.5, 0.6) is 0 Å². The number of esters is 1. The first-order valence-corrected chi connectivity index (χ1v) is 17.7. The Morgan fingerprint density at radius 3 is 2.33 bits per heavy atom. The molecule has 0 amide bonds. The monoisotopic (exact) mass is 620 g/mol. The minimum atomic E-state index is -0.643. The molecule has 6 nitrogen and oxygen atoms in total. The van der Waals surface area contributed by atoms with Gasteiger partial charge in [0.25, 0.3) is 0 Å². The van der Waals surface area contributed by atoms with Gasteiger partial charge in [0.05, 0.1) is 25.2 Å². The van der Waals surface area contributed by atoms with E-state index in [1.807, 2.05) is 30.3 Å². The fraction of sp³-hybridized carbons (Fsp3) is 0.769. The average Bonchev–Trinajstić information content (AvgIpc) is 3.49. The smallest absolute Gasteiger partial charge is 0.309 e. The zero-order chi connectivity index (χ0) is 32.0. The van der Waals surface area contributed by atoms with Gasteiger partial charge in [-0.05, 0) is 84.5 Å². The van der Waals surface area contributed by atoms with E-state index in [0.717, 1.165) is 56.9 Å². The summed E-state index contributed by atoms with van der Waals surface area (Å²) in [6.45, 7) is 15.7. The first-order chi connectivity index (χ1) is 21.2. The number of rotatable bonds is 4. The van der Waals surface area contributed by atoms with E-state index >= 15 is 0 Å². The summed E-state index contributed by atoms with van der Waals surface area (Å²) in [4.78, 5) is 13.8. The van der Waals surface area contributed by atoms with Crippen molar-refractivity contribution in [3.63, 3.8) is 0 Å². The summed E-state index contributed by atoms with van der Waals surface area (Å²) in [5.41, 5.74) is 1.40. The lowest BCUT2D eigenvalue weighted by Crippen LogP contribution is -2.70. The molecule has 1 aliphatic heterocycles. The Kier molecular flexibility index (Phi) is 7.53. The molecular formula is C39H56O6. The third kappa shape index (κ3) is 4.44. The van der Waals surface area contributed by atoms with Crippen molar-refractivity contribution in [2.75, 3.05) is 19.8 Å². The number of carbonyl (C=O) groups is 1. The molecule has 1 aromatic carbocycles. The quantitative estimate of drug-likeness (QED) is 0.277. The predicted molar refractivity (Wildman–Crippen MR) is 173 cm³/mol. The fourth-order valence-electron chi connectivity index (χ4n) is 12.6. The Hall–Kier alpha value is -1.73. The molecule has 1 spiro atoms. The molecule has 0 aromatic heterocycles. The molecule has 9 atom stereocenters. The molecule has 45 heavy (non-hydrogen) atoms. The molecule has 0 bridgehead atoms. The second-order valence-electron chi connectivity index (χ2n) is 17.6. The lowest BCUT2D eigenvalue weighted by Gasteiger charge is -2.72. The van der Waals surface area contributed by atoms with Crippen molar-refractivity contribution in [1.29, 1.82) is 0 Å². The van der Waals surface area contributed by atoms with E-state index in [9.17, 15) is 15.0 Å². The van der Waals surface area contributed by atoms with Gasteiger partial charge in [-0.2, -0.15) is 0 Å². The van der Waals surface area contributed by atoms with Gasteiger partial charge < -0.3 is 24.4 Å². The molecule has 4 saturated carbocycles. The second kappa shape index (κ2) is 10.6. The minimum Gasteiger partial charge on any atom is -0.461 e. The van der Waals surface area contributed by atoms with E-state index in [-0.39, 0.29) is 63.8 Å². The van der Waals surface area contributed by atoms with Crippen LogP contribution in [-0.4, -0.2) is 47.9 Å². The maximum atomic E-state index is 13.8. The Morgan fingerprint density at radius 1 is 0.933 bits per heavy atom. The highest BCUT2D eigenvalue weighted by Gasteiger charge is 2.73. The van der Waals surface area contributed by atoms with Gasteiger partial charge in [0, 0.05) is 29.8 Å². The van der Waals surface area contributed by atoms with Gasteiger partial charge in [-0.25, -0.2) is 0 Å². The maximum absolute atomic E-state index is 13.8. The number of aliphatic hydroxyl groups excluding tert-OH is 2. The van der Waals surface area contributed by atoms with Crippen LogP contribution in [0.1, 0.15) is 98.5 Å². The zero-order valence-corrected chi connectivity index (χ0v) is 28.4. The maximum Gasteiger partial charge on any atom is 0.309 e. The van der Waals surface area contributed by atoms with Gasteiger partial charge in [-0.1, -0.05) is 83.5 Å². The van der Waals surface area contributed by atoms with Gasteiger partial charge in [0.15, 0.2) is 5.79 Å². The van der Waals surface area contributed by atoms with Crippen LogP contribution in [-0.2, 0) is 25.6 Å². The summed E-state index contributed by atoms with van der Waals surface area (Å²) in [5, 5.41) is 23.8. The summed E-state index contributed by atoms with van der Waals surface area (Å²) in [5.74, 6) is -0.228. The lowest BCUT2D eigenvalue weighted by atomic mass is 9.33. The predicted octanol–water partition coefficient (Wildman–Crippen LogP) is 7.07. The molecule has 1 aromatic rings. The number of aliphatic hydroxyl groups is 2. The molecular weight excluding hydrogens is 564 g/mol. The number of hydrogen-bond acceptors (Lipinski definition) is 6. The van der Waals surface area contributed by atoms with Crippen LogP contribution >= 0.6 is 0 Å². The molecule has 5 fully saturated rings. The first kappa shape index (κ1) is 31.8. The highest BCUT2D eigenvalue weighted by molar-refractivity contribution is 5.73. The summed E-state index contributed by atoms with van der Waals surface area (Å²) in [6.07, 6.45) is 8.94. The van der Waals surface area contributed by atoms with E-state index in [1.165, 1.54) is 5.57 Å². The zero-order valence-electron chi connectivity index (χ0n) is 28.4. The summed E-state index contributed by atoms with van der Waals surface area (Å²) in [6, 6.07) is 9.96. The Labute approximate surface area is 270 Å². The van der Waals surface area contributed by atoms with E-state index in [4.69, 9.17) is 14.2 Å². The molecule has 1 saturated heterocycles. The number of ether oxygens (including phenoxy) is 3. The van der Waals surface area contributed by atoms with Crippen LogP contribution in [0.15, 0.2) is 42.0 Å². The summed E-state index contributed by atoms with van der Waals surface area (Å²) in [7, 11) is 0. The van der Waals surface area contributed by atoms with E-state index in [2.05, 4.69) is 47.6 Å². The van der Waals surface area contributed by atoms with E-state index in [1.54, 1.807) is 0 Å². The van der Waals surface area contributed by atoms with Crippen molar-refractivity contribution in [2.45, 2.75) is 111 Å². The van der Waals surface area contributed by atoms with Crippen molar-refractivity contribution in [1.82, 2.24) is 0 Å². The number of hydrogen-bond donors (Lipinski definition) is 2. The van der Waals surface area contributed by atoms with Crippen molar-refractivity contribution in [2.24, 2.45) is 56.7 Å². The van der Waals surface area contributed by atoms with Crippen LogP contribution < -0.4 is 0 Å². The molecule has 1 heterocycles. The van der Waals surface area contributed by atoms with E-state index < -0.39 is 17.3 Å². The highest BCUT2D eigenvalue weighted by Crippen LogP contribution is 2.76. The SMILES string of the molecule is CC1(C)CC2C3=C[C@H](O)C4[C@@]5(CO)CCC6(OCCO6)C(C)(C)C5CC[C@@]4(C)[C@]3(C)CCC2[C@H](C(=O)OCc2ccccc2)C1. The third-order valence-corrected chi connectivity index (χ3v) is 14.8. The van der Waals surface area contributed by atoms with Crippen LogP contribution in [0.4, 0.5) is 0 Å². The van der Waals surface area contributed by atoms with Gasteiger partial charge in [0.2, 0.25) is 0 Å². The number of carbonyl (C=O) groups excluding carboxylic acids is 1. The van der Waals surface area contributed by atoms with E-state index in [0.29, 0.717) is 19.8 Å². The van der Waals surface area contributed by atoms with Gasteiger partial charge in [-0.3, -0.25) is 4.79 Å². The number of benzene rings is 1. The van der Waals surface area contributed by atoms with Crippen LogP contribution in [0.3, 0.4) is 0 Å². The van der Waals surface area contributed by atoms with Gasteiger partial charge in [0.1, 0.15) is 6.61 Å². The van der Waals surface area contributed by atoms with Gasteiger partial charge >= 0.3 is 5.97 Å². The third-order valence-electron chi connectivity index (χ3n) is 14.8. The molecule has 4 unspecified atom stereocenters. The second-order valence-corrected chi connectivity index (χ2v) is 17.6. The summed E-state index contributed by atoms with van der Waals surface area (Å²) >= 11 is 0. The Balaban J connectivity index is 1.23. The Bertz CT molecular complexity index is 1330. The van der Waals surface area contributed by atoms with Crippen molar-refractivity contribution in [3.05, 3.63) is 47.5 Å². The normalized spacial score (nSPS) is 44.1. The highest BCUT2D eigenvalue weighted by atomic mass is 16.7. The van der Waals surface area contributed by atoms with Gasteiger partial charge in [-0.15, -0.1) is 0 Å². The standard InChI is InChI=1S/C39H56O6/c1-34(2)21-27-26(28(22-34)33(42)43-23-25-10-8-7-9-11-25)12-14-36(5)29(27)20-30(41)32-37(36,6)15-13-31-35(3,4)39(44-18-19-45-39)17-16-38(31,32)24-40/h7-11,20,26-28,30-32,40-41H,12-19,21-24H2,1-6H3/t26?,27?,28-,30+,31?,32?,36-,37-,38-/m1/s1. The Morgan fingerprint density at radius 2 is 1.64 bits per heavy atom. The fourth-order valence-corrected chi connectivity index (χ4v) is 12.6. The molecule has 248 valence electrons. The summed E-state index contributed by atoms with van der Waals surface area (Å²) < 4.78 is 18.7. The van der Waals surface area contributed by atoms with Crippen molar-refractivity contribution < 1.29 is 29.2 Å². The lowest BCUT2D eigenvalue weighted by molar-refractivity contribution is -0.320. The molecule has 6 aliphatic rings. The van der Waals surface area contributed by atoms with Crippen molar-refractivity contribution in [3.8, 4) is 0 Å².